The molecule has 0 heterocycles. The predicted molar refractivity (Wildman–Crippen MR) is 80.1 cm³/mol. The van der Waals surface area contributed by atoms with Crippen molar-refractivity contribution in [2.45, 2.75) is 25.2 Å². The van der Waals surface area contributed by atoms with Crippen LogP contribution in [0.5, 0.6) is 0 Å². The van der Waals surface area contributed by atoms with Crippen molar-refractivity contribution in [3.63, 3.8) is 0 Å². The standard InChI is InChI=1S/C12H17BrN2O4S/c1-4-9(2)8-14(3)20(18,19)12-7-10(13)5-6-11(12)15(16)17/h5-7,9H,4,8H2,1-3H3. The van der Waals surface area contributed by atoms with Gasteiger partial charge in [-0.05, 0) is 18.1 Å². The predicted octanol–water partition coefficient (Wildman–Crippen LogP) is 3.02. The summed E-state index contributed by atoms with van der Waals surface area (Å²) in [6.07, 6.45) is 0.834. The molecule has 0 aliphatic carbocycles. The number of hydrogen-bond donors (Lipinski definition) is 0. The Labute approximate surface area is 127 Å². The summed E-state index contributed by atoms with van der Waals surface area (Å²) >= 11 is 3.15. The molecule has 0 aliphatic rings. The summed E-state index contributed by atoms with van der Waals surface area (Å²) in [5.74, 6) is 0.181. The second kappa shape index (κ2) is 6.64. The first-order valence-electron chi connectivity index (χ1n) is 6.10. The van der Waals surface area contributed by atoms with Gasteiger partial charge in [-0.1, -0.05) is 36.2 Å². The van der Waals surface area contributed by atoms with E-state index in [1.807, 2.05) is 13.8 Å². The zero-order chi connectivity index (χ0) is 15.5. The Hall–Kier alpha value is -0.990. The van der Waals surface area contributed by atoms with Gasteiger partial charge in [0.05, 0.1) is 4.92 Å². The van der Waals surface area contributed by atoms with E-state index in [2.05, 4.69) is 15.9 Å². The maximum atomic E-state index is 12.5. The number of nitrogens with zero attached hydrogens (tertiary/aromatic N) is 2. The molecular weight excluding hydrogens is 348 g/mol. The quantitative estimate of drug-likeness (QED) is 0.573. The van der Waals surface area contributed by atoms with Crippen LogP contribution in [0.25, 0.3) is 0 Å². The molecule has 6 nitrogen and oxygen atoms in total. The van der Waals surface area contributed by atoms with E-state index in [1.165, 1.54) is 25.2 Å². The number of hydrogen-bond acceptors (Lipinski definition) is 4. The smallest absolute Gasteiger partial charge is 0.258 e. The highest BCUT2D eigenvalue weighted by Crippen LogP contribution is 2.29. The van der Waals surface area contributed by atoms with E-state index < -0.39 is 20.6 Å². The molecule has 0 fully saturated rings. The molecule has 1 aromatic carbocycles. The fourth-order valence-corrected chi connectivity index (χ4v) is 3.66. The van der Waals surface area contributed by atoms with Gasteiger partial charge in [0, 0.05) is 24.1 Å². The number of benzene rings is 1. The molecule has 1 atom stereocenters. The van der Waals surface area contributed by atoms with Crippen LogP contribution in [-0.4, -0.2) is 31.2 Å². The third kappa shape index (κ3) is 3.77. The van der Waals surface area contributed by atoms with Crippen LogP contribution in [0.1, 0.15) is 20.3 Å². The summed E-state index contributed by atoms with van der Waals surface area (Å²) in [6, 6.07) is 3.90. The molecule has 8 heteroatoms. The lowest BCUT2D eigenvalue weighted by Gasteiger charge is -2.20. The zero-order valence-corrected chi connectivity index (χ0v) is 13.9. The molecule has 0 amide bonds. The van der Waals surface area contributed by atoms with Gasteiger partial charge in [0.1, 0.15) is 0 Å². The molecule has 20 heavy (non-hydrogen) atoms. The number of halogens is 1. The van der Waals surface area contributed by atoms with E-state index in [0.717, 1.165) is 10.7 Å². The normalized spacial score (nSPS) is 13.4. The first-order chi connectivity index (χ1) is 9.20. The Morgan fingerprint density at radius 2 is 2.05 bits per heavy atom. The maximum Gasteiger partial charge on any atom is 0.289 e. The van der Waals surface area contributed by atoms with Gasteiger partial charge in [0.2, 0.25) is 10.0 Å². The summed E-state index contributed by atoms with van der Waals surface area (Å²) in [4.78, 5) is 10.0. The number of sulfonamides is 1. The monoisotopic (exact) mass is 364 g/mol. The lowest BCUT2D eigenvalue weighted by Crippen LogP contribution is -2.31. The van der Waals surface area contributed by atoms with Crippen LogP contribution in [0.4, 0.5) is 5.69 Å². The van der Waals surface area contributed by atoms with E-state index in [-0.39, 0.29) is 10.8 Å². The molecule has 1 unspecified atom stereocenters. The van der Waals surface area contributed by atoms with Crippen molar-refractivity contribution in [1.29, 1.82) is 0 Å². The number of rotatable bonds is 6. The highest BCUT2D eigenvalue weighted by atomic mass is 79.9. The molecule has 0 spiro atoms. The van der Waals surface area contributed by atoms with E-state index in [0.29, 0.717) is 11.0 Å². The van der Waals surface area contributed by atoms with Gasteiger partial charge >= 0.3 is 0 Å². The van der Waals surface area contributed by atoms with Crippen molar-refractivity contribution < 1.29 is 13.3 Å². The van der Waals surface area contributed by atoms with Crippen molar-refractivity contribution in [2.24, 2.45) is 5.92 Å². The summed E-state index contributed by atoms with van der Waals surface area (Å²) in [5.41, 5.74) is -0.413. The third-order valence-electron chi connectivity index (χ3n) is 3.07. The van der Waals surface area contributed by atoms with Crippen LogP contribution in [-0.2, 0) is 10.0 Å². The minimum atomic E-state index is -3.88. The highest BCUT2D eigenvalue weighted by Gasteiger charge is 2.30. The second-order valence-corrected chi connectivity index (χ2v) is 7.60. The first-order valence-corrected chi connectivity index (χ1v) is 8.33. The summed E-state index contributed by atoms with van der Waals surface area (Å²) in [5, 5.41) is 11.0. The summed E-state index contributed by atoms with van der Waals surface area (Å²) in [7, 11) is -2.44. The highest BCUT2D eigenvalue weighted by molar-refractivity contribution is 9.10. The van der Waals surface area contributed by atoms with E-state index in [1.54, 1.807) is 0 Å². The molecule has 0 N–H and O–H groups in total. The topological polar surface area (TPSA) is 80.5 Å². The molecule has 112 valence electrons. The van der Waals surface area contributed by atoms with Crippen LogP contribution in [0.15, 0.2) is 27.6 Å². The summed E-state index contributed by atoms with van der Waals surface area (Å²) < 4.78 is 26.6. The van der Waals surface area contributed by atoms with Gasteiger partial charge < -0.3 is 0 Å². The average molecular weight is 365 g/mol. The molecule has 0 bridgehead atoms. The molecule has 1 aromatic rings. The Morgan fingerprint density at radius 1 is 1.45 bits per heavy atom. The van der Waals surface area contributed by atoms with Crippen molar-refractivity contribution in [3.8, 4) is 0 Å². The van der Waals surface area contributed by atoms with Crippen LogP contribution in [0.2, 0.25) is 0 Å². The van der Waals surface area contributed by atoms with Gasteiger partial charge in [-0.3, -0.25) is 10.1 Å². The summed E-state index contributed by atoms with van der Waals surface area (Å²) in [6.45, 7) is 4.22. The van der Waals surface area contributed by atoms with Gasteiger partial charge in [-0.2, -0.15) is 0 Å². The Balaban J connectivity index is 3.27. The Kier molecular flexibility index (Phi) is 5.67. The molecule has 1 rings (SSSR count). The SMILES string of the molecule is CCC(C)CN(C)S(=O)(=O)c1cc(Br)ccc1[N+](=O)[O-]. The first kappa shape index (κ1) is 17.1. The second-order valence-electron chi connectivity index (χ2n) is 4.67. The van der Waals surface area contributed by atoms with E-state index in [4.69, 9.17) is 0 Å². The van der Waals surface area contributed by atoms with Gasteiger partial charge in [0.15, 0.2) is 4.90 Å². The number of nitro groups is 1. The van der Waals surface area contributed by atoms with Gasteiger partial charge in [0.25, 0.3) is 5.69 Å². The minimum absolute atomic E-state index is 0.181. The fraction of sp³-hybridized carbons (Fsp3) is 0.500. The fourth-order valence-electron chi connectivity index (χ4n) is 1.68. The van der Waals surface area contributed by atoms with E-state index in [9.17, 15) is 18.5 Å². The maximum absolute atomic E-state index is 12.5. The molecule has 0 saturated heterocycles. The molecule has 0 aliphatic heterocycles. The van der Waals surface area contributed by atoms with Gasteiger partial charge in [-0.15, -0.1) is 0 Å². The molecule has 0 aromatic heterocycles. The largest absolute Gasteiger partial charge is 0.289 e. The molecular formula is C12H17BrN2O4S. The third-order valence-corrected chi connectivity index (χ3v) is 5.42. The van der Waals surface area contributed by atoms with Crippen molar-refractivity contribution in [1.82, 2.24) is 4.31 Å². The van der Waals surface area contributed by atoms with Crippen LogP contribution in [0.3, 0.4) is 0 Å². The van der Waals surface area contributed by atoms with Gasteiger partial charge in [-0.25, -0.2) is 12.7 Å². The van der Waals surface area contributed by atoms with E-state index >= 15 is 0 Å². The number of nitro benzene ring substituents is 1. The van der Waals surface area contributed by atoms with Crippen LogP contribution < -0.4 is 0 Å². The Bertz CT molecular complexity index is 603. The van der Waals surface area contributed by atoms with Crippen molar-refractivity contribution >= 4 is 31.6 Å². The average Bonchev–Trinajstić information content (AvgIpc) is 2.37. The molecule has 0 radical (unpaired) electrons. The lowest BCUT2D eigenvalue weighted by atomic mass is 10.1. The zero-order valence-electron chi connectivity index (χ0n) is 11.5. The molecule has 0 saturated carbocycles. The van der Waals surface area contributed by atoms with Crippen molar-refractivity contribution in [3.05, 3.63) is 32.8 Å². The van der Waals surface area contributed by atoms with Crippen LogP contribution in [0, 0.1) is 16.0 Å². The minimum Gasteiger partial charge on any atom is -0.258 e. The van der Waals surface area contributed by atoms with Crippen molar-refractivity contribution in [2.75, 3.05) is 13.6 Å². The lowest BCUT2D eigenvalue weighted by molar-refractivity contribution is -0.387. The Morgan fingerprint density at radius 3 is 2.55 bits per heavy atom. The van der Waals surface area contributed by atoms with Crippen LogP contribution >= 0.6 is 15.9 Å².